The van der Waals surface area contributed by atoms with Crippen molar-refractivity contribution in [3.63, 3.8) is 0 Å². The van der Waals surface area contributed by atoms with Crippen LogP contribution in [0.25, 0.3) is 0 Å². The lowest BCUT2D eigenvalue weighted by Gasteiger charge is -2.25. The Bertz CT molecular complexity index is 321. The normalized spacial score (nSPS) is 35.9. The van der Waals surface area contributed by atoms with Crippen LogP contribution in [0.15, 0.2) is 0 Å². The Hall–Kier alpha value is -0.200. The first-order chi connectivity index (χ1) is 9.94. The van der Waals surface area contributed by atoms with Crippen molar-refractivity contribution in [1.29, 1.82) is 0 Å². The Labute approximate surface area is 128 Å². The summed E-state index contributed by atoms with van der Waals surface area (Å²) in [5.41, 5.74) is 6.00. The van der Waals surface area contributed by atoms with Gasteiger partial charge in [0.05, 0.1) is 0 Å². The zero-order valence-corrected chi connectivity index (χ0v) is 13.8. The number of unbranched alkanes of at least 4 members (excludes halogenated alkanes) is 4. The molecule has 5 nitrogen and oxygen atoms in total. The molecule has 2 rings (SSSR count). The number of hydrogen-bond acceptors (Lipinski definition) is 5. The van der Waals surface area contributed by atoms with Crippen LogP contribution < -0.4 is 5.73 Å². The van der Waals surface area contributed by atoms with Gasteiger partial charge in [-0.25, -0.2) is 0 Å². The molecule has 2 heterocycles. The van der Waals surface area contributed by atoms with E-state index in [1.54, 1.807) is 0 Å². The molecule has 0 spiro atoms. The summed E-state index contributed by atoms with van der Waals surface area (Å²) in [5, 5.41) is 0. The van der Waals surface area contributed by atoms with Gasteiger partial charge in [-0.2, -0.15) is 0 Å². The summed E-state index contributed by atoms with van der Waals surface area (Å²) in [6.07, 6.45) is 5.25. The molecule has 124 valence electrons. The number of fused-ring (bicyclic) bond motifs is 1. The predicted molar refractivity (Wildman–Crippen MR) is 80.8 cm³/mol. The Morgan fingerprint density at radius 2 is 1.76 bits per heavy atom. The molecule has 5 atom stereocenters. The summed E-state index contributed by atoms with van der Waals surface area (Å²) in [5.74, 6) is -0.588. The molecular weight excluding hydrogens is 270 g/mol. The maximum Gasteiger partial charge on any atom is 0.187 e. The second kappa shape index (κ2) is 7.38. The highest BCUT2D eigenvalue weighted by Gasteiger charge is 2.56. The van der Waals surface area contributed by atoms with Crippen molar-refractivity contribution in [2.75, 3.05) is 6.61 Å². The Kier molecular flexibility index (Phi) is 6.03. The van der Waals surface area contributed by atoms with Crippen molar-refractivity contribution in [2.45, 2.75) is 96.2 Å². The van der Waals surface area contributed by atoms with Gasteiger partial charge in [-0.3, -0.25) is 0 Å². The first-order valence-electron chi connectivity index (χ1n) is 8.33. The van der Waals surface area contributed by atoms with Crippen LogP contribution in [0.5, 0.6) is 0 Å². The molecule has 0 unspecified atom stereocenters. The highest BCUT2D eigenvalue weighted by molar-refractivity contribution is 4.98. The van der Waals surface area contributed by atoms with E-state index in [-0.39, 0.29) is 30.6 Å². The van der Waals surface area contributed by atoms with Gasteiger partial charge in [0.2, 0.25) is 0 Å². The van der Waals surface area contributed by atoms with E-state index in [1.165, 1.54) is 25.7 Å². The molecule has 0 aromatic rings. The molecule has 0 radical (unpaired) electrons. The first-order valence-corrected chi connectivity index (χ1v) is 8.33. The Morgan fingerprint density at radius 3 is 2.43 bits per heavy atom. The van der Waals surface area contributed by atoms with E-state index in [0.717, 1.165) is 6.42 Å². The standard InChI is InChI=1S/C16H31NO4/c1-5-6-7-8-9-10-18-15-14-13(12(19-15)11(2)17)20-16(3,4)21-14/h11-15H,5-10,17H2,1-4H3/t11-,12+,13-,14-,15-/m0/s1. The van der Waals surface area contributed by atoms with E-state index in [9.17, 15) is 0 Å². The monoisotopic (exact) mass is 301 g/mol. The van der Waals surface area contributed by atoms with Gasteiger partial charge < -0.3 is 24.7 Å². The Morgan fingerprint density at radius 1 is 1.10 bits per heavy atom. The summed E-state index contributed by atoms with van der Waals surface area (Å²) in [6.45, 7) is 8.70. The van der Waals surface area contributed by atoms with Gasteiger partial charge >= 0.3 is 0 Å². The number of ether oxygens (including phenoxy) is 4. The van der Waals surface area contributed by atoms with Crippen molar-refractivity contribution in [3.8, 4) is 0 Å². The molecule has 0 saturated carbocycles. The van der Waals surface area contributed by atoms with Crippen LogP contribution in [0.2, 0.25) is 0 Å². The number of rotatable bonds is 8. The van der Waals surface area contributed by atoms with E-state index in [1.807, 2.05) is 20.8 Å². The molecule has 0 amide bonds. The molecule has 5 heteroatoms. The average Bonchev–Trinajstić information content (AvgIpc) is 2.87. The van der Waals surface area contributed by atoms with E-state index >= 15 is 0 Å². The fourth-order valence-corrected chi connectivity index (χ4v) is 3.05. The lowest BCUT2D eigenvalue weighted by molar-refractivity contribution is -0.235. The third-order valence-electron chi connectivity index (χ3n) is 4.10. The number of nitrogens with two attached hydrogens (primary N) is 1. The Balaban J connectivity index is 1.80. The quantitative estimate of drug-likeness (QED) is 0.698. The first kappa shape index (κ1) is 17.2. The largest absolute Gasteiger partial charge is 0.350 e. The van der Waals surface area contributed by atoms with Gasteiger partial charge in [-0.05, 0) is 27.2 Å². The third kappa shape index (κ3) is 4.39. The van der Waals surface area contributed by atoms with Gasteiger partial charge in [-0.1, -0.05) is 32.6 Å². The molecule has 21 heavy (non-hydrogen) atoms. The molecule has 2 saturated heterocycles. The minimum Gasteiger partial charge on any atom is -0.350 e. The maximum absolute atomic E-state index is 6.00. The van der Waals surface area contributed by atoms with Crippen molar-refractivity contribution in [2.24, 2.45) is 5.73 Å². The van der Waals surface area contributed by atoms with E-state index < -0.39 is 5.79 Å². The van der Waals surface area contributed by atoms with Crippen LogP contribution in [0.4, 0.5) is 0 Å². The van der Waals surface area contributed by atoms with Crippen molar-refractivity contribution in [3.05, 3.63) is 0 Å². The highest BCUT2D eigenvalue weighted by Crippen LogP contribution is 2.39. The third-order valence-corrected chi connectivity index (χ3v) is 4.10. The second-order valence-electron chi connectivity index (χ2n) is 6.68. The van der Waals surface area contributed by atoms with Gasteiger partial charge in [0.15, 0.2) is 12.1 Å². The lowest BCUT2D eigenvalue weighted by Crippen LogP contribution is -2.41. The van der Waals surface area contributed by atoms with Gasteiger partial charge in [0, 0.05) is 12.6 Å². The lowest BCUT2D eigenvalue weighted by atomic mass is 10.1. The predicted octanol–water partition coefficient (Wildman–Crippen LogP) is 2.57. The fraction of sp³-hybridized carbons (Fsp3) is 1.00. The molecule has 2 fully saturated rings. The summed E-state index contributed by atoms with van der Waals surface area (Å²) >= 11 is 0. The summed E-state index contributed by atoms with van der Waals surface area (Å²) in [4.78, 5) is 0. The van der Waals surface area contributed by atoms with Crippen LogP contribution in [-0.2, 0) is 18.9 Å². The van der Waals surface area contributed by atoms with Crippen LogP contribution in [-0.4, -0.2) is 43.0 Å². The molecule has 0 aromatic carbocycles. The van der Waals surface area contributed by atoms with Crippen LogP contribution >= 0.6 is 0 Å². The van der Waals surface area contributed by atoms with Crippen LogP contribution in [0, 0.1) is 0 Å². The molecule has 0 aliphatic carbocycles. The molecule has 2 aliphatic heterocycles. The van der Waals surface area contributed by atoms with Crippen molar-refractivity contribution < 1.29 is 18.9 Å². The van der Waals surface area contributed by atoms with Gasteiger partial charge in [-0.15, -0.1) is 0 Å². The summed E-state index contributed by atoms with van der Waals surface area (Å²) in [7, 11) is 0. The minimum atomic E-state index is -0.588. The highest BCUT2D eigenvalue weighted by atomic mass is 16.8. The van der Waals surface area contributed by atoms with Crippen molar-refractivity contribution >= 4 is 0 Å². The fourth-order valence-electron chi connectivity index (χ4n) is 3.05. The average molecular weight is 301 g/mol. The molecule has 0 bridgehead atoms. The van der Waals surface area contributed by atoms with Crippen LogP contribution in [0.3, 0.4) is 0 Å². The minimum absolute atomic E-state index is 0.104. The van der Waals surface area contributed by atoms with E-state index in [2.05, 4.69) is 6.92 Å². The second-order valence-corrected chi connectivity index (χ2v) is 6.68. The summed E-state index contributed by atoms with van der Waals surface area (Å²) < 4.78 is 23.7. The summed E-state index contributed by atoms with van der Waals surface area (Å²) in [6, 6.07) is -0.104. The van der Waals surface area contributed by atoms with E-state index in [4.69, 9.17) is 24.7 Å². The van der Waals surface area contributed by atoms with Gasteiger partial charge in [0.25, 0.3) is 0 Å². The molecular formula is C16H31NO4. The molecule has 2 aliphatic rings. The number of hydrogen-bond donors (Lipinski definition) is 1. The van der Waals surface area contributed by atoms with Gasteiger partial charge in [0.1, 0.15) is 18.3 Å². The van der Waals surface area contributed by atoms with Crippen molar-refractivity contribution in [1.82, 2.24) is 0 Å². The SMILES string of the molecule is CCCCCCCO[C@H]1O[C@H]([C@H](C)N)[C@@H]2OC(C)(C)O[C@H]12. The smallest absolute Gasteiger partial charge is 0.187 e. The van der Waals surface area contributed by atoms with E-state index in [0.29, 0.717) is 6.61 Å². The maximum atomic E-state index is 6.00. The zero-order chi connectivity index (χ0) is 15.5. The zero-order valence-electron chi connectivity index (χ0n) is 13.8. The molecule has 2 N–H and O–H groups in total. The topological polar surface area (TPSA) is 62.9 Å². The van der Waals surface area contributed by atoms with Crippen LogP contribution in [0.1, 0.15) is 59.8 Å². The molecule has 0 aromatic heterocycles.